The van der Waals surface area contributed by atoms with Gasteiger partial charge in [0.1, 0.15) is 0 Å². The fraction of sp³-hybridized carbons (Fsp3) is 1.00. The average molecular weight is 271 g/mol. The van der Waals surface area contributed by atoms with Gasteiger partial charge in [0.05, 0.1) is 6.61 Å². The van der Waals surface area contributed by atoms with Gasteiger partial charge in [-0.3, -0.25) is 0 Å². The third kappa shape index (κ3) is 6.24. The summed E-state index contributed by atoms with van der Waals surface area (Å²) in [7, 11) is 0. The van der Waals surface area contributed by atoms with Crippen molar-refractivity contribution in [3.63, 3.8) is 0 Å². The van der Waals surface area contributed by atoms with E-state index in [-0.39, 0.29) is 12.1 Å². The summed E-state index contributed by atoms with van der Waals surface area (Å²) in [6.45, 7) is 8.37. The second-order valence-electron chi connectivity index (χ2n) is 6.39. The van der Waals surface area contributed by atoms with Crippen molar-refractivity contribution in [3.05, 3.63) is 0 Å². The Hall–Kier alpha value is -0.120. The van der Waals surface area contributed by atoms with Crippen molar-refractivity contribution < 1.29 is 9.84 Å². The van der Waals surface area contributed by atoms with Gasteiger partial charge in [-0.1, -0.05) is 40.0 Å². The van der Waals surface area contributed by atoms with E-state index in [1.807, 2.05) is 0 Å². The molecular formula is C16H33NO2. The van der Waals surface area contributed by atoms with Gasteiger partial charge in [0.15, 0.2) is 0 Å². The number of hydrogen-bond donors (Lipinski definition) is 2. The lowest BCUT2D eigenvalue weighted by molar-refractivity contribution is 0.0851. The van der Waals surface area contributed by atoms with E-state index in [1.165, 1.54) is 25.7 Å². The van der Waals surface area contributed by atoms with Crippen molar-refractivity contribution in [1.29, 1.82) is 0 Å². The van der Waals surface area contributed by atoms with Gasteiger partial charge in [-0.2, -0.15) is 0 Å². The first-order valence-electron chi connectivity index (χ1n) is 8.08. The summed E-state index contributed by atoms with van der Waals surface area (Å²) in [5.41, 5.74) is -0.120. The Morgan fingerprint density at radius 2 is 2.05 bits per heavy atom. The summed E-state index contributed by atoms with van der Waals surface area (Å²) >= 11 is 0. The Balaban J connectivity index is 2.09. The van der Waals surface area contributed by atoms with E-state index < -0.39 is 0 Å². The fourth-order valence-corrected chi connectivity index (χ4v) is 2.85. The maximum absolute atomic E-state index is 9.64. The highest BCUT2D eigenvalue weighted by Gasteiger charge is 2.27. The molecule has 2 N–H and O–H groups in total. The molecule has 0 aliphatic heterocycles. The molecule has 3 nitrogen and oxygen atoms in total. The largest absolute Gasteiger partial charge is 0.394 e. The predicted octanol–water partition coefficient (Wildman–Crippen LogP) is 3.11. The average Bonchev–Trinajstić information content (AvgIpc) is 2.33. The third-order valence-electron chi connectivity index (χ3n) is 4.41. The predicted molar refractivity (Wildman–Crippen MR) is 80.4 cm³/mol. The van der Waals surface area contributed by atoms with Gasteiger partial charge in [-0.05, 0) is 31.6 Å². The van der Waals surface area contributed by atoms with Gasteiger partial charge in [-0.15, -0.1) is 0 Å². The maximum atomic E-state index is 9.64. The minimum atomic E-state index is -0.120. The lowest BCUT2D eigenvalue weighted by atomic mass is 9.83. The van der Waals surface area contributed by atoms with Gasteiger partial charge in [0.2, 0.25) is 0 Å². The van der Waals surface area contributed by atoms with Crippen LogP contribution in [0.3, 0.4) is 0 Å². The van der Waals surface area contributed by atoms with E-state index in [0.29, 0.717) is 6.04 Å². The van der Waals surface area contributed by atoms with E-state index in [4.69, 9.17) is 4.74 Å². The van der Waals surface area contributed by atoms with Gasteiger partial charge in [0, 0.05) is 24.8 Å². The number of nitrogens with one attached hydrogen (secondary N) is 1. The van der Waals surface area contributed by atoms with Crippen LogP contribution >= 0.6 is 0 Å². The van der Waals surface area contributed by atoms with Crippen LogP contribution in [0.4, 0.5) is 0 Å². The molecule has 1 aliphatic rings. The second-order valence-corrected chi connectivity index (χ2v) is 6.39. The van der Waals surface area contributed by atoms with Crippen LogP contribution in [0, 0.1) is 5.92 Å². The van der Waals surface area contributed by atoms with Gasteiger partial charge in [-0.25, -0.2) is 0 Å². The van der Waals surface area contributed by atoms with Crippen LogP contribution in [-0.4, -0.2) is 36.5 Å². The maximum Gasteiger partial charge on any atom is 0.0613 e. The van der Waals surface area contributed by atoms with Crippen molar-refractivity contribution in [2.45, 2.75) is 77.3 Å². The molecule has 1 atom stereocenters. The zero-order chi connectivity index (χ0) is 14.1. The summed E-state index contributed by atoms with van der Waals surface area (Å²) in [5, 5.41) is 13.2. The van der Waals surface area contributed by atoms with Crippen LogP contribution < -0.4 is 5.32 Å². The van der Waals surface area contributed by atoms with E-state index in [2.05, 4.69) is 26.1 Å². The zero-order valence-electron chi connectivity index (χ0n) is 13.1. The molecule has 19 heavy (non-hydrogen) atoms. The molecule has 0 aromatic heterocycles. The quantitative estimate of drug-likeness (QED) is 0.567. The van der Waals surface area contributed by atoms with Gasteiger partial charge < -0.3 is 15.2 Å². The summed E-state index contributed by atoms with van der Waals surface area (Å²) < 4.78 is 5.72. The number of aliphatic hydroxyl groups excluding tert-OH is 1. The Morgan fingerprint density at radius 3 is 2.53 bits per heavy atom. The molecule has 0 aromatic rings. The molecule has 1 unspecified atom stereocenters. The smallest absolute Gasteiger partial charge is 0.0613 e. The highest BCUT2D eigenvalue weighted by atomic mass is 16.5. The minimum absolute atomic E-state index is 0.120. The molecule has 1 aliphatic carbocycles. The summed E-state index contributed by atoms with van der Waals surface area (Å²) in [4.78, 5) is 0. The molecule has 1 fully saturated rings. The Kier molecular flexibility index (Phi) is 7.96. The molecule has 0 amide bonds. The summed E-state index contributed by atoms with van der Waals surface area (Å²) in [5.74, 6) is 0.940. The van der Waals surface area contributed by atoms with Crippen LogP contribution in [-0.2, 0) is 4.74 Å². The highest BCUT2D eigenvalue weighted by molar-refractivity contribution is 4.87. The topological polar surface area (TPSA) is 41.5 Å². The lowest BCUT2D eigenvalue weighted by Gasteiger charge is -2.34. The normalized spacial score (nSPS) is 19.4. The number of rotatable bonds is 11. The number of hydrogen-bond acceptors (Lipinski definition) is 3. The van der Waals surface area contributed by atoms with Crippen LogP contribution in [0.25, 0.3) is 0 Å². The number of ether oxygens (including phenoxy) is 1. The first kappa shape index (κ1) is 16.9. The van der Waals surface area contributed by atoms with Crippen LogP contribution in [0.1, 0.15) is 65.7 Å². The molecule has 0 saturated heterocycles. The molecule has 0 heterocycles. The third-order valence-corrected chi connectivity index (χ3v) is 4.41. The highest BCUT2D eigenvalue weighted by Crippen LogP contribution is 2.29. The SMILES string of the molecule is CCC(CO)(CCCOCCC1CCC1)NC(C)C. The summed E-state index contributed by atoms with van der Waals surface area (Å²) in [6.07, 6.45) is 8.45. The van der Waals surface area contributed by atoms with Crippen molar-refractivity contribution >= 4 is 0 Å². The van der Waals surface area contributed by atoms with Crippen molar-refractivity contribution in [3.8, 4) is 0 Å². The van der Waals surface area contributed by atoms with E-state index >= 15 is 0 Å². The van der Waals surface area contributed by atoms with E-state index in [1.54, 1.807) is 0 Å². The molecule has 0 aromatic carbocycles. The molecular weight excluding hydrogens is 238 g/mol. The second kappa shape index (κ2) is 8.93. The molecule has 1 saturated carbocycles. The van der Waals surface area contributed by atoms with E-state index in [0.717, 1.165) is 38.4 Å². The molecule has 114 valence electrons. The lowest BCUT2D eigenvalue weighted by Crippen LogP contribution is -2.51. The molecule has 1 rings (SSSR count). The Morgan fingerprint density at radius 1 is 1.32 bits per heavy atom. The minimum Gasteiger partial charge on any atom is -0.394 e. The summed E-state index contributed by atoms with van der Waals surface area (Å²) in [6, 6.07) is 0.409. The van der Waals surface area contributed by atoms with Crippen molar-refractivity contribution in [2.24, 2.45) is 5.92 Å². The fourth-order valence-electron chi connectivity index (χ4n) is 2.85. The number of aliphatic hydroxyl groups is 1. The van der Waals surface area contributed by atoms with E-state index in [9.17, 15) is 5.11 Å². The standard InChI is InChI=1S/C16H33NO2/c1-4-16(13-18,17-14(2)3)10-6-11-19-12-9-15-7-5-8-15/h14-15,17-18H,4-13H2,1-3H3. The molecule has 0 spiro atoms. The van der Waals surface area contributed by atoms with Crippen molar-refractivity contribution in [2.75, 3.05) is 19.8 Å². The van der Waals surface area contributed by atoms with Crippen LogP contribution in [0.2, 0.25) is 0 Å². The van der Waals surface area contributed by atoms with Gasteiger partial charge >= 0.3 is 0 Å². The van der Waals surface area contributed by atoms with Crippen LogP contribution in [0.15, 0.2) is 0 Å². The monoisotopic (exact) mass is 271 g/mol. The zero-order valence-corrected chi connectivity index (χ0v) is 13.1. The molecule has 0 radical (unpaired) electrons. The van der Waals surface area contributed by atoms with Crippen molar-refractivity contribution in [1.82, 2.24) is 5.32 Å². The van der Waals surface area contributed by atoms with Gasteiger partial charge in [0.25, 0.3) is 0 Å². The molecule has 0 bridgehead atoms. The Labute approximate surface area is 119 Å². The molecule has 3 heteroatoms. The first-order chi connectivity index (χ1) is 9.12. The van der Waals surface area contributed by atoms with Crippen LogP contribution in [0.5, 0.6) is 0 Å². The first-order valence-corrected chi connectivity index (χ1v) is 8.08. The Bertz CT molecular complexity index is 223.